The van der Waals surface area contributed by atoms with E-state index in [1.165, 1.54) is 0 Å². The standard InChI is InChI=1S/C9H10BrF2NO/c1-13-8(3-2-4-10)14-7-5-9(11,12)6-7/h2-4,7H,1,5-6H2/b4-2+,8-3+. The van der Waals surface area contributed by atoms with E-state index in [9.17, 15) is 8.78 Å². The van der Waals surface area contributed by atoms with Crippen molar-refractivity contribution >= 4 is 22.6 Å². The number of hydrogen-bond donors (Lipinski definition) is 0. The van der Waals surface area contributed by atoms with Gasteiger partial charge in [-0.1, -0.05) is 15.9 Å². The van der Waals surface area contributed by atoms with Gasteiger partial charge in [0.2, 0.25) is 5.88 Å². The Kier molecular flexibility index (Phi) is 3.80. The van der Waals surface area contributed by atoms with E-state index < -0.39 is 12.0 Å². The van der Waals surface area contributed by atoms with Crippen molar-refractivity contribution in [2.75, 3.05) is 0 Å². The van der Waals surface area contributed by atoms with Crippen LogP contribution in [0.4, 0.5) is 8.78 Å². The Morgan fingerprint density at radius 3 is 2.64 bits per heavy atom. The second-order valence-corrected chi connectivity index (χ2v) is 3.51. The van der Waals surface area contributed by atoms with Gasteiger partial charge in [-0.2, -0.15) is 0 Å². The fraction of sp³-hybridized carbons (Fsp3) is 0.444. The topological polar surface area (TPSA) is 21.6 Å². The third-order valence-electron chi connectivity index (χ3n) is 1.81. The Balaban J connectivity index is 2.40. The molecule has 0 saturated heterocycles. The highest BCUT2D eigenvalue weighted by atomic mass is 79.9. The summed E-state index contributed by atoms with van der Waals surface area (Å²) in [5.74, 6) is -2.30. The number of rotatable bonds is 4. The lowest BCUT2D eigenvalue weighted by Crippen LogP contribution is -2.41. The molecule has 0 unspecified atom stereocenters. The Bertz CT molecular complexity index is 268. The fourth-order valence-corrected chi connectivity index (χ4v) is 1.26. The summed E-state index contributed by atoms with van der Waals surface area (Å²) in [7, 11) is 0. The van der Waals surface area contributed by atoms with Gasteiger partial charge in [-0.3, -0.25) is 0 Å². The second kappa shape index (κ2) is 4.68. The van der Waals surface area contributed by atoms with Gasteiger partial charge in [0.05, 0.1) is 0 Å². The van der Waals surface area contributed by atoms with Gasteiger partial charge in [0.15, 0.2) is 0 Å². The third-order valence-corrected chi connectivity index (χ3v) is 2.11. The van der Waals surface area contributed by atoms with Gasteiger partial charge < -0.3 is 4.74 Å². The first kappa shape index (κ1) is 11.4. The van der Waals surface area contributed by atoms with Crippen LogP contribution in [0, 0.1) is 0 Å². The molecule has 1 aliphatic carbocycles. The molecule has 0 aromatic rings. The number of hydrogen-bond acceptors (Lipinski definition) is 2. The maximum Gasteiger partial charge on any atom is 0.255 e. The summed E-state index contributed by atoms with van der Waals surface area (Å²) in [4.78, 5) is 5.18. The molecule has 0 atom stereocenters. The van der Waals surface area contributed by atoms with Crippen molar-refractivity contribution in [2.45, 2.75) is 24.9 Å². The number of nitrogens with zero attached hydrogens (tertiary/aromatic N) is 1. The van der Waals surface area contributed by atoms with Crippen molar-refractivity contribution in [1.29, 1.82) is 0 Å². The number of allylic oxidation sites excluding steroid dienone is 2. The molecule has 0 amide bonds. The predicted octanol–water partition coefficient (Wildman–Crippen LogP) is 3.25. The highest BCUT2D eigenvalue weighted by Gasteiger charge is 2.47. The molecule has 0 heterocycles. The number of aliphatic imine (C=N–C) groups is 1. The second-order valence-electron chi connectivity index (χ2n) is 2.99. The summed E-state index contributed by atoms with van der Waals surface area (Å²) in [6.45, 7) is 3.28. The number of ether oxygens (including phenoxy) is 1. The van der Waals surface area contributed by atoms with Gasteiger partial charge in [-0.25, -0.2) is 13.8 Å². The molecule has 14 heavy (non-hydrogen) atoms. The van der Waals surface area contributed by atoms with E-state index in [2.05, 4.69) is 27.6 Å². The summed E-state index contributed by atoms with van der Waals surface area (Å²) >= 11 is 3.06. The quantitative estimate of drug-likeness (QED) is 0.435. The highest BCUT2D eigenvalue weighted by Crippen LogP contribution is 2.40. The van der Waals surface area contributed by atoms with Gasteiger partial charge in [0.1, 0.15) is 6.10 Å². The summed E-state index contributed by atoms with van der Waals surface area (Å²) in [5.41, 5.74) is 0. The SMILES string of the molecule is C=N/C(=C\C=C\Br)OC1CC(F)(F)C1. The van der Waals surface area contributed by atoms with Crippen molar-refractivity contribution in [3.05, 3.63) is 23.0 Å². The van der Waals surface area contributed by atoms with Crippen LogP contribution < -0.4 is 0 Å². The summed E-state index contributed by atoms with van der Waals surface area (Å²) in [5, 5.41) is 0. The Morgan fingerprint density at radius 1 is 1.57 bits per heavy atom. The van der Waals surface area contributed by atoms with E-state index in [1.54, 1.807) is 17.1 Å². The summed E-state index contributed by atoms with van der Waals surface area (Å²) in [6.07, 6.45) is 2.28. The highest BCUT2D eigenvalue weighted by molar-refractivity contribution is 9.11. The third kappa shape index (κ3) is 3.21. The zero-order valence-electron chi connectivity index (χ0n) is 7.42. The van der Waals surface area contributed by atoms with Crippen LogP contribution in [0.3, 0.4) is 0 Å². The summed E-state index contributed by atoms with van der Waals surface area (Å²) < 4.78 is 30.0. The molecule has 0 radical (unpaired) electrons. The monoisotopic (exact) mass is 265 g/mol. The maximum absolute atomic E-state index is 12.4. The van der Waals surface area contributed by atoms with Crippen molar-refractivity contribution in [2.24, 2.45) is 4.99 Å². The smallest absolute Gasteiger partial charge is 0.255 e. The van der Waals surface area contributed by atoms with E-state index in [-0.39, 0.29) is 18.7 Å². The molecule has 0 aromatic carbocycles. The van der Waals surface area contributed by atoms with Crippen LogP contribution in [-0.2, 0) is 4.74 Å². The van der Waals surface area contributed by atoms with Gasteiger partial charge in [0.25, 0.3) is 5.92 Å². The van der Waals surface area contributed by atoms with E-state index in [1.807, 2.05) is 0 Å². The van der Waals surface area contributed by atoms with Crippen LogP contribution in [-0.4, -0.2) is 18.7 Å². The van der Waals surface area contributed by atoms with Crippen molar-refractivity contribution in [3.63, 3.8) is 0 Å². The normalized spacial score (nSPS) is 22.1. The first-order valence-electron chi connectivity index (χ1n) is 4.05. The van der Waals surface area contributed by atoms with Crippen LogP contribution >= 0.6 is 15.9 Å². The van der Waals surface area contributed by atoms with Crippen molar-refractivity contribution in [3.8, 4) is 0 Å². The molecule has 1 saturated carbocycles. The minimum Gasteiger partial charge on any atom is -0.474 e. The van der Waals surface area contributed by atoms with Gasteiger partial charge in [-0.05, 0) is 17.8 Å². The first-order valence-corrected chi connectivity index (χ1v) is 4.97. The molecule has 0 aromatic heterocycles. The predicted molar refractivity (Wildman–Crippen MR) is 54.8 cm³/mol. The van der Waals surface area contributed by atoms with Gasteiger partial charge >= 0.3 is 0 Å². The van der Waals surface area contributed by atoms with Crippen LogP contribution in [0.25, 0.3) is 0 Å². The lowest BCUT2D eigenvalue weighted by Gasteiger charge is -2.34. The fourth-order valence-electron chi connectivity index (χ4n) is 1.11. The van der Waals surface area contributed by atoms with E-state index in [0.29, 0.717) is 0 Å². The molecule has 0 aliphatic heterocycles. The van der Waals surface area contributed by atoms with Gasteiger partial charge in [-0.15, -0.1) is 0 Å². The Labute approximate surface area is 89.5 Å². The largest absolute Gasteiger partial charge is 0.474 e. The van der Waals surface area contributed by atoms with E-state index in [4.69, 9.17) is 4.74 Å². The van der Waals surface area contributed by atoms with Crippen molar-refractivity contribution < 1.29 is 13.5 Å². The molecule has 2 nitrogen and oxygen atoms in total. The molecule has 0 N–H and O–H groups in total. The van der Waals surface area contributed by atoms with Crippen molar-refractivity contribution in [1.82, 2.24) is 0 Å². The zero-order chi connectivity index (χ0) is 10.6. The molecular formula is C9H10BrF2NO. The van der Waals surface area contributed by atoms with Gasteiger partial charge in [0, 0.05) is 18.9 Å². The molecule has 1 fully saturated rings. The van der Waals surface area contributed by atoms with Crippen LogP contribution in [0.2, 0.25) is 0 Å². The van der Waals surface area contributed by atoms with Crippen LogP contribution in [0.15, 0.2) is 28.0 Å². The van der Waals surface area contributed by atoms with Crippen LogP contribution in [0.1, 0.15) is 12.8 Å². The maximum atomic E-state index is 12.4. The van der Waals surface area contributed by atoms with Crippen LogP contribution in [0.5, 0.6) is 0 Å². The Morgan fingerprint density at radius 2 is 2.21 bits per heavy atom. The average Bonchev–Trinajstić information content (AvgIpc) is 2.08. The minimum atomic E-state index is -2.57. The molecule has 1 rings (SSSR count). The number of alkyl halides is 2. The molecule has 78 valence electrons. The lowest BCUT2D eigenvalue weighted by atomic mass is 9.91. The molecule has 0 spiro atoms. The first-order chi connectivity index (χ1) is 6.57. The molecule has 1 aliphatic rings. The molecule has 0 bridgehead atoms. The zero-order valence-corrected chi connectivity index (χ0v) is 9.01. The Hall–Kier alpha value is -0.710. The van der Waals surface area contributed by atoms with E-state index >= 15 is 0 Å². The molecular weight excluding hydrogens is 256 g/mol. The minimum absolute atomic E-state index is 0.238. The lowest BCUT2D eigenvalue weighted by molar-refractivity contribution is -0.151. The number of halogens is 3. The molecule has 5 heteroatoms. The van der Waals surface area contributed by atoms with E-state index in [0.717, 1.165) is 0 Å². The summed E-state index contributed by atoms with van der Waals surface area (Å²) in [6, 6.07) is 0. The average molecular weight is 266 g/mol.